The molecule has 3 aromatic rings. The lowest BCUT2D eigenvalue weighted by Gasteiger charge is -2.31. The van der Waals surface area contributed by atoms with Gasteiger partial charge in [0.15, 0.2) is 24.0 Å². The lowest BCUT2D eigenvalue weighted by Crippen LogP contribution is -2.39. The second-order valence-corrected chi connectivity index (χ2v) is 6.84. The molecule has 0 radical (unpaired) electrons. The SMILES string of the molecule is O=C(c1ccccc1F)N1CCCC(c2noc(COc3ccccc3F)n2)C1. The molecule has 2 aromatic carbocycles. The highest BCUT2D eigenvalue weighted by molar-refractivity contribution is 5.94. The fourth-order valence-electron chi connectivity index (χ4n) is 3.37. The van der Waals surface area contributed by atoms with Crippen LogP contribution in [0.25, 0.3) is 0 Å². The normalized spacial score (nSPS) is 16.6. The van der Waals surface area contributed by atoms with Gasteiger partial charge < -0.3 is 14.2 Å². The van der Waals surface area contributed by atoms with Gasteiger partial charge >= 0.3 is 0 Å². The van der Waals surface area contributed by atoms with Gasteiger partial charge in [0.1, 0.15) is 5.82 Å². The van der Waals surface area contributed by atoms with Crippen molar-refractivity contribution in [3.63, 3.8) is 0 Å². The molecule has 8 heteroatoms. The van der Waals surface area contributed by atoms with Gasteiger partial charge in [0, 0.05) is 19.0 Å². The van der Waals surface area contributed by atoms with Crippen molar-refractivity contribution in [1.29, 1.82) is 0 Å². The first-order valence-electron chi connectivity index (χ1n) is 9.35. The number of piperidine rings is 1. The molecule has 1 atom stereocenters. The average molecular weight is 399 g/mol. The second kappa shape index (κ2) is 8.38. The minimum absolute atomic E-state index is 0.0558. The monoisotopic (exact) mass is 399 g/mol. The molecule has 150 valence electrons. The highest BCUT2D eigenvalue weighted by atomic mass is 19.1. The number of likely N-dealkylation sites (tertiary alicyclic amines) is 1. The first-order valence-corrected chi connectivity index (χ1v) is 9.35. The van der Waals surface area contributed by atoms with Crippen LogP contribution in [0.15, 0.2) is 53.1 Å². The smallest absolute Gasteiger partial charge is 0.264 e. The van der Waals surface area contributed by atoms with Crippen LogP contribution in [0.4, 0.5) is 8.78 Å². The van der Waals surface area contributed by atoms with Gasteiger partial charge in [-0.1, -0.05) is 29.4 Å². The minimum Gasteiger partial charge on any atom is -0.481 e. The maximum Gasteiger partial charge on any atom is 0.264 e. The molecule has 2 heterocycles. The molecule has 6 nitrogen and oxygen atoms in total. The minimum atomic E-state index is -0.535. The molecule has 29 heavy (non-hydrogen) atoms. The van der Waals surface area contributed by atoms with E-state index in [0.717, 1.165) is 12.8 Å². The molecule has 1 aliphatic rings. The highest BCUT2D eigenvalue weighted by Crippen LogP contribution is 2.26. The van der Waals surface area contributed by atoms with E-state index in [2.05, 4.69) is 10.1 Å². The predicted molar refractivity (Wildman–Crippen MR) is 99.3 cm³/mol. The van der Waals surface area contributed by atoms with Crippen LogP contribution in [0.2, 0.25) is 0 Å². The Balaban J connectivity index is 1.41. The van der Waals surface area contributed by atoms with Gasteiger partial charge in [-0.2, -0.15) is 4.98 Å². The van der Waals surface area contributed by atoms with Gasteiger partial charge in [-0.05, 0) is 37.1 Å². The molecule has 0 bridgehead atoms. The van der Waals surface area contributed by atoms with Crippen molar-refractivity contribution in [3.8, 4) is 5.75 Å². The Labute approximate surface area is 166 Å². The van der Waals surface area contributed by atoms with E-state index in [4.69, 9.17) is 9.26 Å². The number of nitrogens with zero attached hydrogens (tertiary/aromatic N) is 3. The number of carbonyl (C=O) groups excluding carboxylic acids is 1. The fraction of sp³-hybridized carbons (Fsp3) is 0.286. The number of para-hydroxylation sites is 1. The molecule has 1 amide bonds. The third-order valence-corrected chi connectivity index (χ3v) is 4.85. The van der Waals surface area contributed by atoms with E-state index >= 15 is 0 Å². The van der Waals surface area contributed by atoms with E-state index in [0.29, 0.717) is 18.9 Å². The Bertz CT molecular complexity index is 1010. The topological polar surface area (TPSA) is 68.5 Å². The molecular weight excluding hydrogens is 380 g/mol. The Morgan fingerprint density at radius 1 is 1.14 bits per heavy atom. The Morgan fingerprint density at radius 2 is 1.90 bits per heavy atom. The molecule has 1 unspecified atom stereocenters. The van der Waals surface area contributed by atoms with Gasteiger partial charge in [0.2, 0.25) is 0 Å². The van der Waals surface area contributed by atoms with E-state index in [-0.39, 0.29) is 35.6 Å². The van der Waals surface area contributed by atoms with Gasteiger partial charge in [-0.3, -0.25) is 4.79 Å². The van der Waals surface area contributed by atoms with E-state index in [1.165, 1.54) is 24.3 Å². The van der Waals surface area contributed by atoms with E-state index < -0.39 is 11.6 Å². The molecular formula is C21H19F2N3O3. The van der Waals surface area contributed by atoms with Crippen LogP contribution < -0.4 is 4.74 Å². The molecule has 0 saturated carbocycles. The predicted octanol–water partition coefficient (Wildman–Crippen LogP) is 3.95. The fourth-order valence-corrected chi connectivity index (χ4v) is 3.37. The van der Waals surface area contributed by atoms with Crippen molar-refractivity contribution in [2.45, 2.75) is 25.4 Å². The molecule has 4 rings (SSSR count). The van der Waals surface area contributed by atoms with Gasteiger partial charge in [-0.15, -0.1) is 0 Å². The number of benzene rings is 2. The molecule has 0 aliphatic carbocycles. The average Bonchev–Trinajstić information content (AvgIpc) is 3.22. The van der Waals surface area contributed by atoms with Crippen LogP contribution in [0, 0.1) is 11.6 Å². The lowest BCUT2D eigenvalue weighted by molar-refractivity contribution is 0.0699. The zero-order valence-electron chi connectivity index (χ0n) is 15.6. The summed E-state index contributed by atoms with van der Waals surface area (Å²) in [6, 6.07) is 12.0. The van der Waals surface area contributed by atoms with Gasteiger partial charge in [-0.25, -0.2) is 8.78 Å². The summed E-state index contributed by atoms with van der Waals surface area (Å²) in [5.74, 6) is -0.686. The number of rotatable bonds is 5. The standard InChI is InChI=1S/C21H19F2N3O3/c22-16-8-2-1-7-15(16)21(27)26-11-5-6-14(12-26)20-24-19(29-25-20)13-28-18-10-4-3-9-17(18)23/h1-4,7-10,14H,5-6,11-13H2. The zero-order chi connectivity index (χ0) is 20.2. The lowest BCUT2D eigenvalue weighted by atomic mass is 9.96. The van der Waals surface area contributed by atoms with Crippen LogP contribution in [-0.4, -0.2) is 34.0 Å². The van der Waals surface area contributed by atoms with Crippen molar-refractivity contribution in [1.82, 2.24) is 15.0 Å². The van der Waals surface area contributed by atoms with Crippen LogP contribution in [0.5, 0.6) is 5.75 Å². The van der Waals surface area contributed by atoms with Crippen molar-refractivity contribution in [2.24, 2.45) is 0 Å². The summed E-state index contributed by atoms with van der Waals surface area (Å²) >= 11 is 0. The van der Waals surface area contributed by atoms with E-state index in [9.17, 15) is 13.6 Å². The van der Waals surface area contributed by atoms with E-state index in [1.54, 1.807) is 29.2 Å². The summed E-state index contributed by atoms with van der Waals surface area (Å²) in [4.78, 5) is 18.6. The molecule has 1 aromatic heterocycles. The molecule has 1 saturated heterocycles. The van der Waals surface area contributed by atoms with Crippen LogP contribution in [0.1, 0.15) is 40.8 Å². The summed E-state index contributed by atoms with van der Waals surface area (Å²) < 4.78 is 38.1. The summed E-state index contributed by atoms with van der Waals surface area (Å²) in [5, 5.41) is 3.99. The molecule has 1 aliphatic heterocycles. The number of ether oxygens (including phenoxy) is 1. The first kappa shape index (κ1) is 19.0. The number of hydrogen-bond acceptors (Lipinski definition) is 5. The van der Waals surface area contributed by atoms with Gasteiger partial charge in [0.05, 0.1) is 5.56 Å². The third kappa shape index (κ3) is 4.26. The molecule has 0 spiro atoms. The summed E-state index contributed by atoms with van der Waals surface area (Å²) in [7, 11) is 0. The number of aromatic nitrogens is 2. The van der Waals surface area contributed by atoms with E-state index in [1.807, 2.05) is 0 Å². The maximum atomic E-state index is 13.9. The summed E-state index contributed by atoms with van der Waals surface area (Å²) in [6.07, 6.45) is 1.54. The summed E-state index contributed by atoms with van der Waals surface area (Å²) in [6.45, 7) is 0.865. The largest absolute Gasteiger partial charge is 0.481 e. The Morgan fingerprint density at radius 3 is 2.69 bits per heavy atom. The van der Waals surface area contributed by atoms with Crippen molar-refractivity contribution in [3.05, 3.63) is 77.4 Å². The Hall–Kier alpha value is -3.29. The number of amides is 1. The number of carbonyl (C=O) groups is 1. The second-order valence-electron chi connectivity index (χ2n) is 6.84. The van der Waals surface area contributed by atoms with Crippen LogP contribution in [-0.2, 0) is 6.61 Å². The quantitative estimate of drug-likeness (QED) is 0.650. The summed E-state index contributed by atoms with van der Waals surface area (Å²) in [5.41, 5.74) is 0.0558. The maximum absolute atomic E-state index is 13.9. The zero-order valence-corrected chi connectivity index (χ0v) is 15.6. The highest BCUT2D eigenvalue weighted by Gasteiger charge is 2.29. The van der Waals surface area contributed by atoms with Crippen LogP contribution >= 0.6 is 0 Å². The van der Waals surface area contributed by atoms with Crippen molar-refractivity contribution < 1.29 is 22.8 Å². The van der Waals surface area contributed by atoms with Crippen molar-refractivity contribution in [2.75, 3.05) is 13.1 Å². The van der Waals surface area contributed by atoms with Crippen LogP contribution in [0.3, 0.4) is 0 Å². The Kier molecular flexibility index (Phi) is 5.50. The van der Waals surface area contributed by atoms with Gasteiger partial charge in [0.25, 0.3) is 11.8 Å². The number of halogens is 2. The first-order chi connectivity index (χ1) is 14.1. The molecule has 1 fully saturated rings. The molecule has 0 N–H and O–H groups in total. The third-order valence-electron chi connectivity index (χ3n) is 4.85. The van der Waals surface area contributed by atoms with Crippen molar-refractivity contribution >= 4 is 5.91 Å². The number of hydrogen-bond donors (Lipinski definition) is 0.